The molecule has 2 heterocycles. The van der Waals surface area contributed by atoms with Crippen molar-refractivity contribution in [1.82, 2.24) is 14.6 Å². The van der Waals surface area contributed by atoms with Gasteiger partial charge in [0.05, 0.1) is 35.5 Å². The van der Waals surface area contributed by atoms with Gasteiger partial charge in [-0.05, 0) is 59.9 Å². The van der Waals surface area contributed by atoms with Crippen LogP contribution in [0.5, 0.6) is 5.75 Å². The van der Waals surface area contributed by atoms with Crippen LogP contribution in [-0.2, 0) is 22.7 Å². The highest BCUT2D eigenvalue weighted by molar-refractivity contribution is 7.89. The van der Waals surface area contributed by atoms with Crippen molar-refractivity contribution in [3.05, 3.63) is 77.1 Å². The lowest BCUT2D eigenvalue weighted by Gasteiger charge is -2.37. The van der Waals surface area contributed by atoms with Crippen molar-refractivity contribution in [2.75, 3.05) is 26.2 Å². The van der Waals surface area contributed by atoms with Gasteiger partial charge in [0.25, 0.3) is 0 Å². The molecule has 9 nitrogen and oxygen atoms in total. The number of aromatic nitrogens is 1. The van der Waals surface area contributed by atoms with E-state index in [2.05, 4.69) is 9.71 Å². The van der Waals surface area contributed by atoms with Crippen molar-refractivity contribution in [2.24, 2.45) is 5.41 Å². The Morgan fingerprint density at radius 1 is 1.07 bits per heavy atom. The maximum Gasteiger partial charge on any atom is 0.416 e. The van der Waals surface area contributed by atoms with Crippen LogP contribution in [0.2, 0.25) is 5.02 Å². The van der Waals surface area contributed by atoms with Gasteiger partial charge in [-0.1, -0.05) is 29.8 Å². The van der Waals surface area contributed by atoms with Gasteiger partial charge in [-0.25, -0.2) is 13.1 Å². The molecule has 4 N–H and O–H groups in total. The van der Waals surface area contributed by atoms with Crippen molar-refractivity contribution in [2.45, 2.75) is 48.8 Å². The van der Waals surface area contributed by atoms with Gasteiger partial charge in [0.1, 0.15) is 10.6 Å². The molecule has 1 unspecified atom stereocenters. The SMILES string of the molecule is O=S1(=O)NC[C@H](O)CN(Cc2ccncc2Cl)CC2(COc3cc(-c4cccc(C(F)(F)F)c4)ccc31)C[C@@H](O)[C@@H](O)C2. The molecule has 3 aromatic rings. The van der Waals surface area contributed by atoms with Gasteiger partial charge in [0, 0.05) is 44.0 Å². The number of β-amino-alcohol motifs (C(OH)–C–C–N with tert-alkyl or cyclic N) is 1. The molecule has 0 bridgehead atoms. The first-order valence-electron chi connectivity index (χ1n) is 13.5. The summed E-state index contributed by atoms with van der Waals surface area (Å²) in [6.07, 6.45) is -4.53. The molecule has 2 aromatic carbocycles. The van der Waals surface area contributed by atoms with E-state index in [1.54, 1.807) is 12.3 Å². The molecule has 14 heteroatoms. The summed E-state index contributed by atoms with van der Waals surface area (Å²) in [5, 5.41) is 32.4. The van der Waals surface area contributed by atoms with Crippen LogP contribution in [0, 0.1) is 5.41 Å². The molecule has 1 aromatic heterocycles. The summed E-state index contributed by atoms with van der Waals surface area (Å²) in [4.78, 5) is 5.59. The topological polar surface area (TPSA) is 132 Å². The molecule has 1 saturated carbocycles. The molecule has 0 radical (unpaired) electrons. The van der Waals surface area contributed by atoms with E-state index in [1.807, 2.05) is 4.90 Å². The number of aliphatic hydroxyl groups is 3. The van der Waals surface area contributed by atoms with Crippen LogP contribution in [-0.4, -0.2) is 78.2 Å². The van der Waals surface area contributed by atoms with E-state index in [1.165, 1.54) is 36.5 Å². The van der Waals surface area contributed by atoms with Crippen molar-refractivity contribution < 1.29 is 41.6 Å². The average Bonchev–Trinajstić information content (AvgIpc) is 3.23. The molecule has 0 saturated heterocycles. The largest absolute Gasteiger partial charge is 0.492 e. The third-order valence-corrected chi connectivity index (χ3v) is 9.61. The molecule has 5 rings (SSSR count). The Kier molecular flexibility index (Phi) is 9.06. The molecular formula is C29H31ClF3N3O6S. The second-order valence-electron chi connectivity index (χ2n) is 11.2. The number of alkyl halides is 3. The highest BCUT2D eigenvalue weighted by Gasteiger charge is 2.46. The quantitative estimate of drug-likeness (QED) is 0.342. The number of hydrogen-bond acceptors (Lipinski definition) is 8. The second-order valence-corrected chi connectivity index (χ2v) is 13.4. The zero-order valence-corrected chi connectivity index (χ0v) is 24.4. The number of aliphatic hydroxyl groups excluding tert-OH is 3. The minimum atomic E-state index is -4.57. The summed E-state index contributed by atoms with van der Waals surface area (Å²) in [7, 11) is -4.23. The lowest BCUT2D eigenvalue weighted by Crippen LogP contribution is -2.46. The number of halogens is 4. The third kappa shape index (κ3) is 7.31. The Morgan fingerprint density at radius 2 is 1.79 bits per heavy atom. The number of nitrogens with zero attached hydrogens (tertiary/aromatic N) is 2. The molecule has 2 aliphatic rings. The number of benzene rings is 2. The number of fused-ring (bicyclic) bond motifs is 1. The molecule has 1 aliphatic carbocycles. The first-order valence-corrected chi connectivity index (χ1v) is 15.4. The number of ether oxygens (including phenoxy) is 1. The van der Waals surface area contributed by atoms with Gasteiger partial charge < -0.3 is 20.1 Å². The van der Waals surface area contributed by atoms with Gasteiger partial charge in [-0.2, -0.15) is 13.2 Å². The molecule has 1 aliphatic heterocycles. The second kappa shape index (κ2) is 12.3. The Labute approximate surface area is 251 Å². The van der Waals surface area contributed by atoms with Gasteiger partial charge in [-0.15, -0.1) is 0 Å². The summed E-state index contributed by atoms with van der Waals surface area (Å²) in [6.45, 7) is 0.0698. The number of nitrogens with one attached hydrogen (secondary N) is 1. The van der Waals surface area contributed by atoms with Gasteiger partial charge in [0.2, 0.25) is 10.0 Å². The van der Waals surface area contributed by atoms with Gasteiger partial charge >= 0.3 is 6.18 Å². The zero-order chi connectivity index (χ0) is 31.0. The number of pyridine rings is 1. The lowest BCUT2D eigenvalue weighted by atomic mass is 9.85. The Bertz CT molecular complexity index is 1570. The van der Waals surface area contributed by atoms with Crippen molar-refractivity contribution in [1.29, 1.82) is 0 Å². The van der Waals surface area contributed by atoms with Crippen molar-refractivity contribution in [3.8, 4) is 16.9 Å². The Balaban J connectivity index is 1.54. The Hall–Kier alpha value is -2.78. The molecule has 1 spiro atoms. The number of sulfonamides is 1. The van der Waals surface area contributed by atoms with Crippen LogP contribution >= 0.6 is 11.6 Å². The van der Waals surface area contributed by atoms with Crippen LogP contribution in [0.4, 0.5) is 13.2 Å². The van der Waals surface area contributed by atoms with Crippen molar-refractivity contribution >= 4 is 21.6 Å². The highest BCUT2D eigenvalue weighted by Crippen LogP contribution is 2.42. The smallest absolute Gasteiger partial charge is 0.416 e. The lowest BCUT2D eigenvalue weighted by molar-refractivity contribution is -0.137. The molecule has 232 valence electrons. The third-order valence-electron chi connectivity index (χ3n) is 7.81. The summed E-state index contributed by atoms with van der Waals surface area (Å²) in [5.74, 6) is -0.114. The van der Waals surface area contributed by atoms with E-state index in [9.17, 15) is 36.9 Å². The van der Waals surface area contributed by atoms with Gasteiger partial charge in [-0.3, -0.25) is 9.88 Å². The van der Waals surface area contributed by atoms with Crippen LogP contribution in [0.25, 0.3) is 11.1 Å². The first-order chi connectivity index (χ1) is 20.2. The molecule has 1 fully saturated rings. The number of rotatable bonds is 3. The normalized spacial score (nSPS) is 26.7. The number of hydrogen-bond donors (Lipinski definition) is 4. The maximum absolute atomic E-state index is 13.4. The summed E-state index contributed by atoms with van der Waals surface area (Å²) in [6, 6.07) is 10.4. The minimum Gasteiger partial charge on any atom is -0.492 e. The van der Waals surface area contributed by atoms with Crippen LogP contribution in [0.15, 0.2) is 65.8 Å². The van der Waals surface area contributed by atoms with Crippen LogP contribution in [0.1, 0.15) is 24.0 Å². The van der Waals surface area contributed by atoms with E-state index in [4.69, 9.17) is 16.3 Å². The van der Waals surface area contributed by atoms with Gasteiger partial charge in [0.15, 0.2) is 0 Å². The first kappa shape index (κ1) is 31.6. The highest BCUT2D eigenvalue weighted by atomic mass is 35.5. The fourth-order valence-corrected chi connectivity index (χ4v) is 7.12. The van der Waals surface area contributed by atoms with Crippen LogP contribution < -0.4 is 9.46 Å². The van der Waals surface area contributed by atoms with E-state index in [0.717, 1.165) is 12.1 Å². The van der Waals surface area contributed by atoms with E-state index < -0.39 is 45.5 Å². The molecule has 4 atom stereocenters. The van der Waals surface area contributed by atoms with Crippen molar-refractivity contribution in [3.63, 3.8) is 0 Å². The standard InChI is InChI=1S/C29H31ClF3N3O6S/c30-23-13-34-7-6-20(23)14-36-15-22(37)12-35-43(40,41)27-5-4-19(18-2-1-3-21(8-18)29(31,32)33)9-26(27)42-17-28(16-36)10-24(38)25(39)11-28/h1-9,13,22,24-25,35,37-39H,10-12,14-17H2/t22-,24-,25+,28?/m0/s1. The maximum atomic E-state index is 13.4. The molecular weight excluding hydrogens is 611 g/mol. The Morgan fingerprint density at radius 3 is 2.49 bits per heavy atom. The monoisotopic (exact) mass is 641 g/mol. The average molecular weight is 642 g/mol. The summed E-state index contributed by atoms with van der Waals surface area (Å²) >= 11 is 6.34. The minimum absolute atomic E-state index is 0.0381. The van der Waals surface area contributed by atoms with E-state index in [-0.39, 0.29) is 61.8 Å². The fourth-order valence-electron chi connectivity index (χ4n) is 5.74. The summed E-state index contributed by atoms with van der Waals surface area (Å²) in [5.41, 5.74) is -0.526. The summed E-state index contributed by atoms with van der Waals surface area (Å²) < 4.78 is 75.4. The van der Waals surface area contributed by atoms with Crippen LogP contribution in [0.3, 0.4) is 0 Å². The predicted octanol–water partition coefficient (Wildman–Crippen LogP) is 3.46. The fraction of sp³-hybridized carbons (Fsp3) is 0.414. The molecule has 0 amide bonds. The predicted molar refractivity (Wildman–Crippen MR) is 152 cm³/mol. The zero-order valence-electron chi connectivity index (χ0n) is 22.8. The van der Waals surface area contributed by atoms with E-state index >= 15 is 0 Å². The van der Waals surface area contributed by atoms with E-state index in [0.29, 0.717) is 16.1 Å². The molecule has 43 heavy (non-hydrogen) atoms.